The molecule has 0 spiro atoms. The van der Waals surface area contributed by atoms with Crippen molar-refractivity contribution in [3.05, 3.63) is 99.0 Å². The van der Waals surface area contributed by atoms with E-state index in [1.54, 1.807) is 56.4 Å². The van der Waals surface area contributed by atoms with Gasteiger partial charge in [-0.05, 0) is 43.3 Å². The molecule has 39 heavy (non-hydrogen) atoms. The molecule has 1 aromatic heterocycles. The van der Waals surface area contributed by atoms with Crippen LogP contribution in [0, 0.1) is 17.0 Å². The Balaban J connectivity index is 1.38. The Morgan fingerprint density at radius 3 is 2.46 bits per heavy atom. The number of nitro benzene ring substituents is 1. The van der Waals surface area contributed by atoms with Crippen LogP contribution in [0.5, 0.6) is 11.5 Å². The van der Waals surface area contributed by atoms with Gasteiger partial charge in [0.25, 0.3) is 21.3 Å². The highest BCUT2D eigenvalue weighted by atomic mass is 32.2. The monoisotopic (exact) mass is 551 g/mol. The van der Waals surface area contributed by atoms with Gasteiger partial charge < -0.3 is 14.8 Å². The highest BCUT2D eigenvalue weighted by molar-refractivity contribution is 7.92. The SMILES string of the molecule is Cc1c(NS(=O)(=O)c2ccc(NC[C@@H]3COc4ccccc4O3)c([N+](=O)[O-])c2)c(=O)n(-c2ccccc2)n1C. The summed E-state index contributed by atoms with van der Waals surface area (Å²) in [6, 6.07) is 19.4. The van der Waals surface area contributed by atoms with Crippen molar-refractivity contribution in [2.75, 3.05) is 23.2 Å². The molecule has 0 amide bonds. The Labute approximate surface area is 223 Å². The first-order chi connectivity index (χ1) is 18.7. The molecule has 0 saturated carbocycles. The number of fused-ring (bicyclic) bond motifs is 1. The van der Waals surface area contributed by atoms with Crippen LogP contribution in [-0.2, 0) is 17.1 Å². The molecule has 0 aliphatic carbocycles. The Morgan fingerprint density at radius 2 is 1.74 bits per heavy atom. The predicted molar refractivity (Wildman–Crippen MR) is 144 cm³/mol. The van der Waals surface area contributed by atoms with E-state index in [0.717, 1.165) is 6.07 Å². The maximum atomic E-state index is 13.2. The van der Waals surface area contributed by atoms with Gasteiger partial charge in [-0.2, -0.15) is 0 Å². The molecule has 4 aromatic rings. The Morgan fingerprint density at radius 1 is 1.05 bits per heavy atom. The molecule has 0 fully saturated rings. The largest absolute Gasteiger partial charge is 0.486 e. The van der Waals surface area contributed by atoms with E-state index in [9.17, 15) is 23.3 Å². The second kappa shape index (κ2) is 10.2. The van der Waals surface area contributed by atoms with E-state index in [4.69, 9.17) is 9.47 Å². The number of nitrogens with one attached hydrogen (secondary N) is 2. The number of hydrogen-bond acceptors (Lipinski definition) is 8. The molecule has 0 unspecified atom stereocenters. The molecule has 5 rings (SSSR count). The molecule has 2 heterocycles. The van der Waals surface area contributed by atoms with E-state index >= 15 is 0 Å². The predicted octanol–water partition coefficient (Wildman–Crippen LogP) is 3.45. The third-order valence-corrected chi connectivity index (χ3v) is 7.70. The lowest BCUT2D eigenvalue weighted by Gasteiger charge is -2.26. The summed E-state index contributed by atoms with van der Waals surface area (Å²) >= 11 is 0. The zero-order valence-electron chi connectivity index (χ0n) is 21.0. The van der Waals surface area contributed by atoms with Gasteiger partial charge in [0.15, 0.2) is 11.5 Å². The van der Waals surface area contributed by atoms with Crippen LogP contribution in [0.4, 0.5) is 17.1 Å². The van der Waals surface area contributed by atoms with Crippen molar-refractivity contribution in [1.82, 2.24) is 9.36 Å². The van der Waals surface area contributed by atoms with Crippen LogP contribution in [0.2, 0.25) is 0 Å². The molecule has 3 aromatic carbocycles. The number of aromatic nitrogens is 2. The molecule has 13 heteroatoms. The lowest BCUT2D eigenvalue weighted by Crippen LogP contribution is -2.35. The lowest BCUT2D eigenvalue weighted by molar-refractivity contribution is -0.384. The van der Waals surface area contributed by atoms with Crippen LogP contribution in [0.1, 0.15) is 5.69 Å². The maximum Gasteiger partial charge on any atom is 0.296 e. The minimum absolute atomic E-state index is 0.115. The van der Waals surface area contributed by atoms with Gasteiger partial charge >= 0.3 is 0 Å². The number of nitro groups is 1. The molecule has 202 valence electrons. The fraction of sp³-hybridized carbons (Fsp3) is 0.192. The second-order valence-electron chi connectivity index (χ2n) is 8.86. The number of sulfonamides is 1. The molecule has 12 nitrogen and oxygen atoms in total. The zero-order chi connectivity index (χ0) is 27.7. The van der Waals surface area contributed by atoms with Gasteiger partial charge in [-0.1, -0.05) is 30.3 Å². The molecule has 1 aliphatic rings. The van der Waals surface area contributed by atoms with Gasteiger partial charge in [0.2, 0.25) is 0 Å². The van der Waals surface area contributed by atoms with Gasteiger partial charge in [-0.15, -0.1) is 0 Å². The topological polar surface area (TPSA) is 147 Å². The summed E-state index contributed by atoms with van der Waals surface area (Å²) in [5.41, 5.74) is -0.128. The number of rotatable bonds is 8. The van der Waals surface area contributed by atoms with Crippen LogP contribution in [-0.4, -0.2) is 42.0 Å². The highest BCUT2D eigenvalue weighted by Crippen LogP contribution is 2.32. The fourth-order valence-corrected chi connectivity index (χ4v) is 5.38. The van der Waals surface area contributed by atoms with Crippen molar-refractivity contribution >= 4 is 27.1 Å². The quantitative estimate of drug-likeness (QED) is 0.250. The maximum absolute atomic E-state index is 13.2. The summed E-state index contributed by atoms with van der Waals surface area (Å²) in [5, 5.41) is 14.8. The number of para-hydroxylation sites is 3. The van der Waals surface area contributed by atoms with E-state index in [2.05, 4.69) is 10.0 Å². The average Bonchev–Trinajstić information content (AvgIpc) is 3.14. The van der Waals surface area contributed by atoms with Crippen molar-refractivity contribution in [3.8, 4) is 17.2 Å². The number of benzene rings is 3. The fourth-order valence-electron chi connectivity index (χ4n) is 4.25. The van der Waals surface area contributed by atoms with Gasteiger partial charge in [-0.25, -0.2) is 13.1 Å². The number of anilines is 2. The number of nitrogens with zero attached hydrogens (tertiary/aromatic N) is 3. The normalized spacial score (nSPS) is 14.6. The van der Waals surface area contributed by atoms with E-state index in [1.165, 1.54) is 21.5 Å². The van der Waals surface area contributed by atoms with Crippen LogP contribution in [0.25, 0.3) is 5.69 Å². The smallest absolute Gasteiger partial charge is 0.296 e. The molecular weight excluding hydrogens is 526 g/mol. The van der Waals surface area contributed by atoms with E-state index < -0.39 is 32.3 Å². The molecule has 1 atom stereocenters. The van der Waals surface area contributed by atoms with Crippen molar-refractivity contribution in [3.63, 3.8) is 0 Å². The van der Waals surface area contributed by atoms with Crippen LogP contribution >= 0.6 is 0 Å². The summed E-state index contributed by atoms with van der Waals surface area (Å²) in [7, 11) is -2.71. The molecular formula is C26H25N5O7S. The first-order valence-corrected chi connectivity index (χ1v) is 13.4. The minimum atomic E-state index is -4.34. The van der Waals surface area contributed by atoms with Crippen LogP contribution < -0.4 is 25.1 Å². The summed E-state index contributed by atoms with van der Waals surface area (Å²) in [6.45, 7) is 2.02. The third-order valence-electron chi connectivity index (χ3n) is 6.35. The number of ether oxygens (including phenoxy) is 2. The Hall–Kier alpha value is -4.78. The second-order valence-corrected chi connectivity index (χ2v) is 10.5. The Kier molecular flexibility index (Phi) is 6.74. The van der Waals surface area contributed by atoms with E-state index in [1.807, 2.05) is 12.1 Å². The third kappa shape index (κ3) is 5.03. The first-order valence-electron chi connectivity index (χ1n) is 11.9. The van der Waals surface area contributed by atoms with Gasteiger partial charge in [0.05, 0.1) is 27.7 Å². The summed E-state index contributed by atoms with van der Waals surface area (Å²) in [5.74, 6) is 1.19. The minimum Gasteiger partial charge on any atom is -0.486 e. The summed E-state index contributed by atoms with van der Waals surface area (Å²) in [6.07, 6.45) is -0.419. The van der Waals surface area contributed by atoms with Crippen LogP contribution in [0.15, 0.2) is 82.5 Å². The van der Waals surface area contributed by atoms with Crippen molar-refractivity contribution in [2.24, 2.45) is 7.05 Å². The molecule has 0 saturated heterocycles. The number of hydrogen-bond donors (Lipinski definition) is 2. The van der Waals surface area contributed by atoms with E-state index in [0.29, 0.717) is 22.9 Å². The van der Waals surface area contributed by atoms with Gasteiger partial charge in [0, 0.05) is 13.1 Å². The summed E-state index contributed by atoms with van der Waals surface area (Å²) in [4.78, 5) is 23.9. The van der Waals surface area contributed by atoms with Crippen molar-refractivity contribution in [1.29, 1.82) is 0 Å². The Bertz CT molecular complexity index is 1710. The molecule has 0 radical (unpaired) electrons. The van der Waals surface area contributed by atoms with Crippen molar-refractivity contribution < 1.29 is 22.8 Å². The standard InChI is InChI=1S/C26H25N5O7S/c1-17-25(26(32)30(29(17)2)18-8-4-3-5-9-18)28-39(35,36)20-12-13-21(22(14-20)31(33)34)27-15-19-16-37-23-10-6-7-11-24(23)38-19/h3-14,19,27-28H,15-16H2,1-2H3/t19-/m1/s1. The van der Waals surface area contributed by atoms with E-state index in [-0.39, 0.29) is 29.4 Å². The van der Waals surface area contributed by atoms with Crippen molar-refractivity contribution in [2.45, 2.75) is 17.9 Å². The zero-order valence-corrected chi connectivity index (χ0v) is 21.8. The summed E-state index contributed by atoms with van der Waals surface area (Å²) < 4.78 is 43.2. The average molecular weight is 552 g/mol. The van der Waals surface area contributed by atoms with Gasteiger partial charge in [-0.3, -0.25) is 24.3 Å². The lowest BCUT2D eigenvalue weighted by atomic mass is 10.2. The van der Waals surface area contributed by atoms with Crippen LogP contribution in [0.3, 0.4) is 0 Å². The molecule has 2 N–H and O–H groups in total. The molecule has 1 aliphatic heterocycles. The first kappa shape index (κ1) is 25.9. The van der Waals surface area contributed by atoms with Gasteiger partial charge in [0.1, 0.15) is 24.1 Å². The highest BCUT2D eigenvalue weighted by Gasteiger charge is 2.27. The molecule has 0 bridgehead atoms.